The van der Waals surface area contributed by atoms with Crippen LogP contribution in [-0.4, -0.2) is 44.6 Å². The molecular formula is C22H22N2O4. The van der Waals surface area contributed by atoms with Crippen molar-refractivity contribution >= 4 is 22.8 Å². The summed E-state index contributed by atoms with van der Waals surface area (Å²) in [7, 11) is 0. The Morgan fingerprint density at radius 3 is 2.54 bits per heavy atom. The summed E-state index contributed by atoms with van der Waals surface area (Å²) in [6, 6.07) is 15.2. The lowest BCUT2D eigenvalue weighted by Crippen LogP contribution is -2.45. The van der Waals surface area contributed by atoms with Gasteiger partial charge < -0.3 is 20.1 Å². The minimum atomic E-state index is -0.977. The molecule has 1 aliphatic heterocycles. The zero-order valence-electron chi connectivity index (χ0n) is 15.4. The number of rotatable bonds is 5. The average Bonchev–Trinajstić information content (AvgIpc) is 3.05. The number of benzene rings is 2. The Bertz CT molecular complexity index is 1040. The summed E-state index contributed by atoms with van der Waals surface area (Å²) in [5.74, 6) is -1.20. The number of aromatic nitrogens is 1. The molecule has 1 atom stereocenters. The van der Waals surface area contributed by atoms with E-state index in [-0.39, 0.29) is 25.0 Å². The van der Waals surface area contributed by atoms with E-state index in [4.69, 9.17) is 0 Å². The second-order valence-electron chi connectivity index (χ2n) is 7.17. The first-order chi connectivity index (χ1) is 13.6. The number of aliphatic hydroxyl groups is 1. The third-order valence-corrected chi connectivity index (χ3v) is 5.43. The van der Waals surface area contributed by atoms with E-state index in [2.05, 4.69) is 11.1 Å². The Morgan fingerprint density at radius 2 is 1.79 bits per heavy atom. The number of fused-ring (bicyclic) bond motifs is 2. The van der Waals surface area contributed by atoms with Gasteiger partial charge in [-0.15, -0.1) is 0 Å². The van der Waals surface area contributed by atoms with Gasteiger partial charge in [0.2, 0.25) is 0 Å². The zero-order chi connectivity index (χ0) is 19.7. The van der Waals surface area contributed by atoms with Gasteiger partial charge in [-0.25, -0.2) is 0 Å². The Balaban J connectivity index is 1.76. The molecule has 1 aliphatic rings. The molecule has 1 amide bonds. The van der Waals surface area contributed by atoms with Crippen molar-refractivity contribution in [2.75, 3.05) is 6.61 Å². The van der Waals surface area contributed by atoms with E-state index in [1.807, 2.05) is 42.5 Å². The molecule has 144 valence electrons. The number of carbonyl (C=O) groups is 2. The van der Waals surface area contributed by atoms with Gasteiger partial charge in [-0.3, -0.25) is 9.59 Å². The van der Waals surface area contributed by atoms with Gasteiger partial charge in [0.05, 0.1) is 6.42 Å². The average molecular weight is 378 g/mol. The summed E-state index contributed by atoms with van der Waals surface area (Å²) in [6.45, 7) is 0.437. The molecule has 3 N–H and O–H groups in total. The number of carboxylic acids is 1. The summed E-state index contributed by atoms with van der Waals surface area (Å²) >= 11 is 0. The van der Waals surface area contributed by atoms with Crippen molar-refractivity contribution in [1.82, 2.24) is 9.88 Å². The maximum absolute atomic E-state index is 13.5. The summed E-state index contributed by atoms with van der Waals surface area (Å²) in [5.41, 5.74) is 3.85. The quantitative estimate of drug-likeness (QED) is 0.636. The highest BCUT2D eigenvalue weighted by molar-refractivity contribution is 6.02. The standard InChI is InChI=1S/C22H22N2O4/c25-10-9-16-11-14-5-1-2-6-15(14)13-24(16)22(28)21-18(12-20(26)27)17-7-3-4-8-19(17)23-21/h1-8,16,23,25H,9-13H2,(H,26,27). The largest absolute Gasteiger partial charge is 0.481 e. The van der Waals surface area contributed by atoms with E-state index in [9.17, 15) is 19.8 Å². The van der Waals surface area contributed by atoms with Crippen LogP contribution in [0.3, 0.4) is 0 Å². The lowest BCUT2D eigenvalue weighted by Gasteiger charge is -2.37. The second-order valence-corrected chi connectivity index (χ2v) is 7.17. The minimum Gasteiger partial charge on any atom is -0.481 e. The molecule has 3 aromatic rings. The van der Waals surface area contributed by atoms with Crippen LogP contribution in [0.2, 0.25) is 0 Å². The molecule has 0 bridgehead atoms. The minimum absolute atomic E-state index is 0.00863. The highest BCUT2D eigenvalue weighted by Crippen LogP contribution is 2.29. The van der Waals surface area contributed by atoms with Crippen molar-refractivity contribution in [3.8, 4) is 0 Å². The highest BCUT2D eigenvalue weighted by Gasteiger charge is 2.32. The van der Waals surface area contributed by atoms with E-state index in [1.54, 1.807) is 4.90 Å². The number of carboxylic acid groups (broad SMARTS) is 1. The normalized spacial score (nSPS) is 16.2. The number of para-hydroxylation sites is 1. The highest BCUT2D eigenvalue weighted by atomic mass is 16.4. The van der Waals surface area contributed by atoms with Crippen molar-refractivity contribution in [1.29, 1.82) is 0 Å². The SMILES string of the molecule is O=C(O)Cc1c(C(=O)N2Cc3ccccc3CC2CCO)[nH]c2ccccc12. The van der Waals surface area contributed by atoms with Gasteiger partial charge in [-0.05, 0) is 30.0 Å². The number of carbonyl (C=O) groups excluding carboxylic acids is 1. The molecule has 0 radical (unpaired) electrons. The van der Waals surface area contributed by atoms with Crippen LogP contribution in [0.1, 0.15) is 33.6 Å². The van der Waals surface area contributed by atoms with E-state index in [0.29, 0.717) is 30.6 Å². The van der Waals surface area contributed by atoms with Gasteiger partial charge >= 0.3 is 5.97 Å². The lowest BCUT2D eigenvalue weighted by atomic mass is 9.92. The molecule has 2 aromatic carbocycles. The van der Waals surface area contributed by atoms with Crippen LogP contribution in [0.15, 0.2) is 48.5 Å². The topological polar surface area (TPSA) is 93.6 Å². The maximum Gasteiger partial charge on any atom is 0.307 e. The second kappa shape index (κ2) is 7.48. The summed E-state index contributed by atoms with van der Waals surface area (Å²) in [5, 5.41) is 19.6. The van der Waals surface area contributed by atoms with E-state index >= 15 is 0 Å². The van der Waals surface area contributed by atoms with Gasteiger partial charge in [0.15, 0.2) is 0 Å². The van der Waals surface area contributed by atoms with Gasteiger partial charge in [0.1, 0.15) is 5.69 Å². The molecule has 2 heterocycles. The predicted molar refractivity (Wildman–Crippen MR) is 105 cm³/mol. The van der Waals surface area contributed by atoms with Crippen molar-refractivity contribution in [2.24, 2.45) is 0 Å². The molecule has 4 rings (SSSR count). The van der Waals surface area contributed by atoms with E-state index in [0.717, 1.165) is 16.5 Å². The fraction of sp³-hybridized carbons (Fsp3) is 0.273. The molecule has 0 spiro atoms. The fourth-order valence-corrected chi connectivity index (χ4v) is 4.09. The summed E-state index contributed by atoms with van der Waals surface area (Å²) < 4.78 is 0. The number of hydrogen-bond donors (Lipinski definition) is 3. The van der Waals surface area contributed by atoms with Crippen LogP contribution >= 0.6 is 0 Å². The molecule has 0 saturated carbocycles. The lowest BCUT2D eigenvalue weighted by molar-refractivity contribution is -0.136. The van der Waals surface area contributed by atoms with Crippen molar-refractivity contribution in [3.05, 3.63) is 70.9 Å². The predicted octanol–water partition coefficient (Wildman–Crippen LogP) is 2.74. The number of hydrogen-bond acceptors (Lipinski definition) is 3. The smallest absolute Gasteiger partial charge is 0.307 e. The molecule has 6 heteroatoms. The number of nitrogens with zero attached hydrogens (tertiary/aromatic N) is 1. The molecule has 0 fully saturated rings. The first-order valence-corrected chi connectivity index (χ1v) is 9.38. The number of aliphatic carboxylic acids is 1. The van der Waals surface area contributed by atoms with Crippen LogP contribution in [-0.2, 0) is 24.2 Å². The number of H-pyrrole nitrogens is 1. The Labute approximate surface area is 162 Å². The summed E-state index contributed by atoms with van der Waals surface area (Å²) in [4.78, 5) is 29.8. The number of nitrogens with one attached hydrogen (secondary N) is 1. The van der Waals surface area contributed by atoms with Gasteiger partial charge in [-0.1, -0.05) is 42.5 Å². The first-order valence-electron chi connectivity index (χ1n) is 9.38. The molecule has 1 aromatic heterocycles. The van der Waals surface area contributed by atoms with Crippen molar-refractivity contribution in [2.45, 2.75) is 31.8 Å². The fourth-order valence-electron chi connectivity index (χ4n) is 4.09. The van der Waals surface area contributed by atoms with Crippen molar-refractivity contribution in [3.63, 3.8) is 0 Å². The van der Waals surface area contributed by atoms with Crippen LogP contribution in [0.4, 0.5) is 0 Å². The van der Waals surface area contributed by atoms with Gasteiger partial charge in [0.25, 0.3) is 5.91 Å². The monoisotopic (exact) mass is 378 g/mol. The Hall–Kier alpha value is -3.12. The number of aliphatic hydroxyl groups excluding tert-OH is 1. The van der Waals surface area contributed by atoms with Crippen molar-refractivity contribution < 1.29 is 19.8 Å². The maximum atomic E-state index is 13.5. The zero-order valence-corrected chi connectivity index (χ0v) is 15.4. The summed E-state index contributed by atoms with van der Waals surface area (Å²) in [6.07, 6.45) is 0.936. The third kappa shape index (κ3) is 3.27. The Kier molecular flexibility index (Phi) is 4.88. The third-order valence-electron chi connectivity index (χ3n) is 5.43. The molecule has 1 unspecified atom stereocenters. The molecule has 6 nitrogen and oxygen atoms in total. The molecule has 0 saturated heterocycles. The van der Waals surface area contributed by atoms with Gasteiger partial charge in [-0.2, -0.15) is 0 Å². The molecule has 28 heavy (non-hydrogen) atoms. The van der Waals surface area contributed by atoms with Crippen LogP contribution in [0.25, 0.3) is 10.9 Å². The number of aromatic amines is 1. The van der Waals surface area contributed by atoms with Crippen LogP contribution in [0, 0.1) is 0 Å². The number of amides is 1. The van der Waals surface area contributed by atoms with E-state index < -0.39 is 5.97 Å². The van der Waals surface area contributed by atoms with Gasteiger partial charge in [0, 0.05) is 35.7 Å². The van der Waals surface area contributed by atoms with Crippen LogP contribution in [0.5, 0.6) is 0 Å². The Morgan fingerprint density at radius 1 is 1.07 bits per heavy atom. The first kappa shape index (κ1) is 18.3. The van der Waals surface area contributed by atoms with Crippen LogP contribution < -0.4 is 0 Å². The van der Waals surface area contributed by atoms with E-state index in [1.165, 1.54) is 5.56 Å². The molecule has 0 aliphatic carbocycles. The molecular weight excluding hydrogens is 356 g/mol.